The Labute approximate surface area is 97.8 Å². The molecule has 0 spiro atoms. The normalized spacial score (nSPS) is 29.7. The topological polar surface area (TPSA) is 52.7 Å². The van der Waals surface area contributed by atoms with Gasteiger partial charge in [-0.1, -0.05) is 0 Å². The molecule has 2 rings (SSSR count). The third kappa shape index (κ3) is 2.94. The van der Waals surface area contributed by atoms with Crippen LogP contribution in [0.25, 0.3) is 0 Å². The number of piperazine rings is 1. The molecule has 2 fully saturated rings. The molecule has 0 aromatic heterocycles. The van der Waals surface area contributed by atoms with Crippen molar-refractivity contribution in [1.29, 1.82) is 0 Å². The Balaban J connectivity index is 1.90. The van der Waals surface area contributed by atoms with Crippen molar-refractivity contribution in [2.45, 2.75) is 18.9 Å². The van der Waals surface area contributed by atoms with Gasteiger partial charge < -0.3 is 10.2 Å². The van der Waals surface area contributed by atoms with E-state index in [1.807, 2.05) is 7.05 Å². The molecule has 0 radical (unpaired) electrons. The van der Waals surface area contributed by atoms with Crippen molar-refractivity contribution >= 4 is 10.0 Å². The van der Waals surface area contributed by atoms with Gasteiger partial charge in [0.1, 0.15) is 0 Å². The number of hydrogen-bond donors (Lipinski definition) is 1. The minimum Gasteiger partial charge on any atom is -0.313 e. The van der Waals surface area contributed by atoms with Crippen molar-refractivity contribution in [3.8, 4) is 0 Å². The van der Waals surface area contributed by atoms with Gasteiger partial charge in [0.05, 0.1) is 5.75 Å². The summed E-state index contributed by atoms with van der Waals surface area (Å²) < 4.78 is 25.9. The molecule has 0 amide bonds. The summed E-state index contributed by atoms with van der Waals surface area (Å²) in [5.74, 6) is 0.275. The first-order valence-electron chi connectivity index (χ1n) is 5.98. The molecule has 0 saturated carbocycles. The van der Waals surface area contributed by atoms with Crippen molar-refractivity contribution in [3.63, 3.8) is 0 Å². The average molecular weight is 247 g/mol. The molecule has 0 aliphatic carbocycles. The van der Waals surface area contributed by atoms with E-state index in [1.165, 1.54) is 0 Å². The highest BCUT2D eigenvalue weighted by Crippen LogP contribution is 2.12. The van der Waals surface area contributed by atoms with Gasteiger partial charge in [-0.05, 0) is 26.4 Å². The van der Waals surface area contributed by atoms with Crippen LogP contribution in [0.3, 0.4) is 0 Å². The van der Waals surface area contributed by atoms with Gasteiger partial charge in [-0.3, -0.25) is 0 Å². The van der Waals surface area contributed by atoms with Crippen LogP contribution in [-0.2, 0) is 10.0 Å². The second-order valence-electron chi connectivity index (χ2n) is 4.77. The Hall–Kier alpha value is -0.170. The minimum atomic E-state index is -3.05. The fourth-order valence-corrected chi connectivity index (χ4v) is 4.05. The van der Waals surface area contributed by atoms with E-state index in [4.69, 9.17) is 0 Å². The first kappa shape index (κ1) is 12.3. The number of sulfonamides is 1. The van der Waals surface area contributed by atoms with Crippen molar-refractivity contribution in [3.05, 3.63) is 0 Å². The number of nitrogens with one attached hydrogen (secondary N) is 1. The summed E-state index contributed by atoms with van der Waals surface area (Å²) in [6.07, 6.45) is 2.09. The van der Waals surface area contributed by atoms with Crippen LogP contribution in [0.2, 0.25) is 0 Å². The minimum absolute atomic E-state index is 0.171. The SMILES string of the molecule is CN1CCN(S(=O)(=O)CC2CCCN2)CC1. The molecule has 1 N–H and O–H groups in total. The summed E-state index contributed by atoms with van der Waals surface area (Å²) >= 11 is 0. The molecule has 1 unspecified atom stereocenters. The van der Waals surface area contributed by atoms with Gasteiger partial charge in [-0.15, -0.1) is 0 Å². The highest BCUT2D eigenvalue weighted by Gasteiger charge is 2.29. The maximum atomic E-state index is 12.1. The Kier molecular flexibility index (Phi) is 3.84. The standard InChI is InChI=1S/C10H21N3O2S/c1-12-5-7-13(8-6-12)16(14,15)9-10-3-2-4-11-10/h10-11H,2-9H2,1H3. The van der Waals surface area contributed by atoms with Crippen LogP contribution in [0.1, 0.15) is 12.8 Å². The van der Waals surface area contributed by atoms with Gasteiger partial charge in [0, 0.05) is 32.2 Å². The van der Waals surface area contributed by atoms with Crippen molar-refractivity contribution < 1.29 is 8.42 Å². The Bertz CT molecular complexity index is 317. The van der Waals surface area contributed by atoms with E-state index in [1.54, 1.807) is 4.31 Å². The zero-order valence-electron chi connectivity index (χ0n) is 9.85. The molecule has 1 atom stereocenters. The smallest absolute Gasteiger partial charge is 0.215 e. The fraction of sp³-hybridized carbons (Fsp3) is 1.00. The molecule has 16 heavy (non-hydrogen) atoms. The largest absolute Gasteiger partial charge is 0.313 e. The van der Waals surface area contributed by atoms with Crippen molar-refractivity contribution in [2.24, 2.45) is 0 Å². The summed E-state index contributed by atoms with van der Waals surface area (Å²) in [6, 6.07) is 0.171. The highest BCUT2D eigenvalue weighted by molar-refractivity contribution is 7.89. The molecule has 2 heterocycles. The van der Waals surface area contributed by atoms with Crippen LogP contribution >= 0.6 is 0 Å². The van der Waals surface area contributed by atoms with Crippen molar-refractivity contribution in [2.75, 3.05) is 45.5 Å². The lowest BCUT2D eigenvalue weighted by Gasteiger charge is -2.32. The molecule has 0 bridgehead atoms. The van der Waals surface area contributed by atoms with Crippen LogP contribution in [0.4, 0.5) is 0 Å². The summed E-state index contributed by atoms with van der Waals surface area (Å²) in [5.41, 5.74) is 0. The Morgan fingerprint density at radius 2 is 1.94 bits per heavy atom. The van der Waals surface area contributed by atoms with E-state index < -0.39 is 10.0 Å². The van der Waals surface area contributed by atoms with Crippen LogP contribution in [0.15, 0.2) is 0 Å². The van der Waals surface area contributed by atoms with Crippen LogP contribution < -0.4 is 5.32 Å². The third-order valence-electron chi connectivity index (χ3n) is 3.43. The second-order valence-corrected chi connectivity index (χ2v) is 6.79. The molecule has 0 aromatic rings. The molecule has 6 heteroatoms. The first-order chi connectivity index (χ1) is 7.58. The summed E-state index contributed by atoms with van der Waals surface area (Å²) in [7, 11) is -1.02. The molecular formula is C10H21N3O2S. The lowest BCUT2D eigenvalue weighted by atomic mass is 10.3. The zero-order valence-corrected chi connectivity index (χ0v) is 10.7. The molecule has 2 aliphatic heterocycles. The number of nitrogens with zero attached hydrogens (tertiary/aromatic N) is 2. The maximum Gasteiger partial charge on any atom is 0.215 e. The van der Waals surface area contributed by atoms with Gasteiger partial charge in [-0.2, -0.15) is 4.31 Å². The molecule has 0 aromatic carbocycles. The predicted molar refractivity (Wildman–Crippen MR) is 63.9 cm³/mol. The van der Waals surface area contributed by atoms with Crippen LogP contribution in [0, 0.1) is 0 Å². The lowest BCUT2D eigenvalue weighted by molar-refractivity contribution is 0.222. The molecule has 94 valence electrons. The van der Waals surface area contributed by atoms with E-state index in [0.717, 1.165) is 32.5 Å². The van der Waals surface area contributed by atoms with E-state index >= 15 is 0 Å². The van der Waals surface area contributed by atoms with Crippen LogP contribution in [-0.4, -0.2) is 69.2 Å². The summed E-state index contributed by atoms with van der Waals surface area (Å²) in [5, 5.41) is 3.24. The first-order valence-corrected chi connectivity index (χ1v) is 7.58. The molecule has 2 aliphatic rings. The third-order valence-corrected chi connectivity index (χ3v) is 5.41. The quantitative estimate of drug-likeness (QED) is 0.718. The van der Waals surface area contributed by atoms with E-state index in [-0.39, 0.29) is 11.8 Å². The van der Waals surface area contributed by atoms with Gasteiger partial charge in [-0.25, -0.2) is 8.42 Å². The molecule has 2 saturated heterocycles. The average Bonchev–Trinajstić information content (AvgIpc) is 2.70. The number of likely N-dealkylation sites (N-methyl/N-ethyl adjacent to an activating group) is 1. The Morgan fingerprint density at radius 1 is 1.25 bits per heavy atom. The lowest BCUT2D eigenvalue weighted by Crippen LogP contribution is -2.49. The van der Waals surface area contributed by atoms with Crippen molar-refractivity contribution in [1.82, 2.24) is 14.5 Å². The predicted octanol–water partition coefficient (Wildman–Crippen LogP) is -0.684. The fourth-order valence-electron chi connectivity index (χ4n) is 2.32. The van der Waals surface area contributed by atoms with E-state index in [2.05, 4.69) is 10.2 Å². The second kappa shape index (κ2) is 5.00. The highest BCUT2D eigenvalue weighted by atomic mass is 32.2. The maximum absolute atomic E-state index is 12.1. The number of rotatable bonds is 3. The van der Waals surface area contributed by atoms with Gasteiger partial charge in [0.15, 0.2) is 0 Å². The monoisotopic (exact) mass is 247 g/mol. The van der Waals surface area contributed by atoms with Gasteiger partial charge in [0.2, 0.25) is 10.0 Å². The van der Waals surface area contributed by atoms with E-state index in [9.17, 15) is 8.42 Å². The number of hydrogen-bond acceptors (Lipinski definition) is 4. The zero-order chi connectivity index (χ0) is 11.6. The molecule has 5 nitrogen and oxygen atoms in total. The summed E-state index contributed by atoms with van der Waals surface area (Å²) in [6.45, 7) is 3.94. The van der Waals surface area contributed by atoms with E-state index in [0.29, 0.717) is 13.1 Å². The Morgan fingerprint density at radius 3 is 2.50 bits per heavy atom. The summed E-state index contributed by atoms with van der Waals surface area (Å²) in [4.78, 5) is 2.17. The van der Waals surface area contributed by atoms with Gasteiger partial charge in [0.25, 0.3) is 0 Å². The van der Waals surface area contributed by atoms with Gasteiger partial charge >= 0.3 is 0 Å². The molecular weight excluding hydrogens is 226 g/mol. The van der Waals surface area contributed by atoms with Crippen LogP contribution in [0.5, 0.6) is 0 Å².